The van der Waals surface area contributed by atoms with Crippen LogP contribution in [-0.4, -0.2) is 16.8 Å². The van der Waals surface area contributed by atoms with Crippen molar-refractivity contribution in [1.29, 1.82) is 0 Å². The van der Waals surface area contributed by atoms with Gasteiger partial charge in [-0.2, -0.15) is 0 Å². The molecule has 0 aliphatic heterocycles. The van der Waals surface area contributed by atoms with Gasteiger partial charge in [-0.3, -0.25) is 4.79 Å². The van der Waals surface area contributed by atoms with Crippen LogP contribution in [0.4, 0.5) is 4.39 Å². The van der Waals surface area contributed by atoms with Gasteiger partial charge in [0.25, 0.3) is 0 Å². The first-order chi connectivity index (χ1) is 10.2. The van der Waals surface area contributed by atoms with Gasteiger partial charge in [0.05, 0.1) is 5.56 Å². The predicted octanol–water partition coefficient (Wildman–Crippen LogP) is 4.24. The Morgan fingerprint density at radius 2 is 2.19 bits per heavy atom. The summed E-state index contributed by atoms with van der Waals surface area (Å²) in [5, 5.41) is 3.93. The first-order valence-corrected chi connectivity index (χ1v) is 7.59. The van der Waals surface area contributed by atoms with E-state index in [4.69, 9.17) is 16.1 Å². The highest BCUT2D eigenvalue weighted by atomic mass is 35.5. The van der Waals surface area contributed by atoms with Gasteiger partial charge < -0.3 is 4.52 Å². The first-order valence-electron chi connectivity index (χ1n) is 7.06. The van der Waals surface area contributed by atoms with Crippen molar-refractivity contribution in [2.45, 2.75) is 25.7 Å². The van der Waals surface area contributed by atoms with Gasteiger partial charge in [-0.15, -0.1) is 11.6 Å². The smallest absolute Gasteiger partial charge is 0.171 e. The van der Waals surface area contributed by atoms with Crippen LogP contribution in [-0.2, 0) is 6.42 Å². The molecule has 0 N–H and O–H groups in total. The van der Waals surface area contributed by atoms with Crippen molar-refractivity contribution >= 4 is 17.4 Å². The van der Waals surface area contributed by atoms with Crippen molar-refractivity contribution in [2.24, 2.45) is 5.92 Å². The third-order valence-corrected chi connectivity index (χ3v) is 4.18. The molecule has 3 rings (SSSR count). The number of alkyl halides is 1. The number of Topliss-reactive ketones (excluding diaryl/α,β-unsaturated/α-hetero) is 1. The lowest BCUT2D eigenvalue weighted by molar-refractivity contribution is 0.0889. The molecule has 0 amide bonds. The first kappa shape index (κ1) is 14.3. The maximum absolute atomic E-state index is 13.9. The number of rotatable bonds is 4. The highest BCUT2D eigenvalue weighted by Crippen LogP contribution is 2.35. The zero-order valence-corrected chi connectivity index (χ0v) is 12.2. The summed E-state index contributed by atoms with van der Waals surface area (Å²) in [7, 11) is 0. The number of aromatic nitrogens is 1. The summed E-state index contributed by atoms with van der Waals surface area (Å²) >= 11 is 5.70. The molecule has 1 aromatic carbocycles. The minimum atomic E-state index is -0.399. The van der Waals surface area contributed by atoms with Gasteiger partial charge in [-0.25, -0.2) is 4.39 Å². The number of nitrogens with zero attached hydrogens (tertiary/aromatic N) is 1. The lowest BCUT2D eigenvalue weighted by Gasteiger charge is -2.19. The zero-order chi connectivity index (χ0) is 14.8. The summed E-state index contributed by atoms with van der Waals surface area (Å²) in [5.41, 5.74) is 1.09. The quantitative estimate of drug-likeness (QED) is 0.793. The molecule has 110 valence electrons. The molecule has 1 aromatic heterocycles. The molecular weight excluding hydrogens is 293 g/mol. The van der Waals surface area contributed by atoms with Gasteiger partial charge in [-0.05, 0) is 31.4 Å². The van der Waals surface area contributed by atoms with Crippen LogP contribution in [0.15, 0.2) is 28.8 Å². The Labute approximate surface area is 127 Å². The molecule has 0 spiro atoms. The highest BCUT2D eigenvalue weighted by molar-refractivity contribution is 6.17. The number of aryl methyl sites for hydroxylation is 1. The molecule has 2 aromatic rings. The summed E-state index contributed by atoms with van der Waals surface area (Å²) in [4.78, 5) is 12.6. The van der Waals surface area contributed by atoms with E-state index < -0.39 is 5.82 Å². The molecule has 1 aliphatic rings. The van der Waals surface area contributed by atoms with Crippen LogP contribution in [0.3, 0.4) is 0 Å². The maximum Gasteiger partial charge on any atom is 0.171 e. The lowest BCUT2D eigenvalue weighted by Crippen LogP contribution is -2.22. The maximum atomic E-state index is 13.9. The molecule has 1 heterocycles. The molecular formula is C16H15ClFNO2. The molecule has 21 heavy (non-hydrogen) atoms. The van der Waals surface area contributed by atoms with Crippen LogP contribution in [0.1, 0.15) is 35.4 Å². The Hall–Kier alpha value is -1.68. The van der Waals surface area contributed by atoms with Crippen LogP contribution in [0, 0.1) is 11.7 Å². The van der Waals surface area contributed by atoms with E-state index in [0.717, 1.165) is 19.3 Å². The third-order valence-electron chi connectivity index (χ3n) is 3.92. The predicted molar refractivity (Wildman–Crippen MR) is 78.0 cm³/mol. The number of fused-ring (bicyclic) bond motifs is 1. The van der Waals surface area contributed by atoms with Crippen molar-refractivity contribution in [3.63, 3.8) is 0 Å². The molecule has 0 radical (unpaired) electrons. The largest absolute Gasteiger partial charge is 0.360 e. The number of carbonyl (C=O) groups is 1. The van der Waals surface area contributed by atoms with E-state index in [1.807, 2.05) is 0 Å². The second-order valence-electron chi connectivity index (χ2n) is 5.24. The topological polar surface area (TPSA) is 43.1 Å². The Balaban J connectivity index is 1.99. The summed E-state index contributed by atoms with van der Waals surface area (Å²) in [6.45, 7) is 0. The third kappa shape index (κ3) is 2.60. The monoisotopic (exact) mass is 307 g/mol. The van der Waals surface area contributed by atoms with Crippen LogP contribution in [0.25, 0.3) is 11.3 Å². The number of ketones is 1. The van der Waals surface area contributed by atoms with Crippen LogP contribution in [0.5, 0.6) is 0 Å². The number of hydrogen-bond donors (Lipinski definition) is 0. The second kappa shape index (κ2) is 5.98. The van der Waals surface area contributed by atoms with Crippen molar-refractivity contribution < 1.29 is 13.7 Å². The number of halogens is 2. The van der Waals surface area contributed by atoms with Gasteiger partial charge >= 0.3 is 0 Å². The Kier molecular flexibility index (Phi) is 4.06. The minimum Gasteiger partial charge on any atom is -0.360 e. The van der Waals surface area contributed by atoms with Gasteiger partial charge in [0.2, 0.25) is 0 Å². The summed E-state index contributed by atoms with van der Waals surface area (Å²) < 4.78 is 19.2. The Morgan fingerprint density at radius 3 is 2.95 bits per heavy atom. The fraction of sp³-hybridized carbons (Fsp3) is 0.375. The van der Waals surface area contributed by atoms with Crippen molar-refractivity contribution in [3.05, 3.63) is 41.4 Å². The fourth-order valence-electron chi connectivity index (χ4n) is 2.83. The number of benzene rings is 1. The van der Waals surface area contributed by atoms with E-state index in [1.165, 1.54) is 6.07 Å². The van der Waals surface area contributed by atoms with E-state index in [2.05, 4.69) is 5.16 Å². The molecule has 0 fully saturated rings. The van der Waals surface area contributed by atoms with Crippen molar-refractivity contribution in [2.75, 3.05) is 5.88 Å². The molecule has 0 saturated heterocycles. The van der Waals surface area contributed by atoms with Gasteiger partial charge in [0.15, 0.2) is 5.78 Å². The molecule has 3 nitrogen and oxygen atoms in total. The van der Waals surface area contributed by atoms with E-state index >= 15 is 0 Å². The number of hydrogen-bond acceptors (Lipinski definition) is 3. The van der Waals surface area contributed by atoms with Crippen LogP contribution < -0.4 is 0 Å². The van der Waals surface area contributed by atoms with E-state index in [0.29, 0.717) is 34.9 Å². The summed E-state index contributed by atoms with van der Waals surface area (Å²) in [6, 6.07) is 6.30. The van der Waals surface area contributed by atoms with Crippen molar-refractivity contribution in [3.8, 4) is 11.3 Å². The Bertz CT molecular complexity index is 668. The number of carbonyl (C=O) groups excluding carboxylic acids is 1. The minimum absolute atomic E-state index is 0.000805. The average Bonchev–Trinajstić information content (AvgIpc) is 2.92. The molecule has 1 atom stereocenters. The molecule has 1 aliphatic carbocycles. The summed E-state index contributed by atoms with van der Waals surface area (Å²) in [5.74, 6) is 0.646. The van der Waals surface area contributed by atoms with Crippen LogP contribution in [0.2, 0.25) is 0 Å². The van der Waals surface area contributed by atoms with E-state index in [-0.39, 0.29) is 11.7 Å². The van der Waals surface area contributed by atoms with Gasteiger partial charge in [-0.1, -0.05) is 17.3 Å². The SMILES string of the molecule is O=C1c2c(-c3ccccc3F)noc2CCC1CCCCl. The van der Waals surface area contributed by atoms with Crippen molar-refractivity contribution in [1.82, 2.24) is 5.16 Å². The zero-order valence-electron chi connectivity index (χ0n) is 11.4. The molecule has 0 bridgehead atoms. The van der Waals surface area contributed by atoms with Crippen LogP contribution >= 0.6 is 11.6 Å². The highest BCUT2D eigenvalue weighted by Gasteiger charge is 2.34. The lowest BCUT2D eigenvalue weighted by atomic mass is 9.82. The van der Waals surface area contributed by atoms with Gasteiger partial charge in [0, 0.05) is 23.8 Å². The molecule has 5 heteroatoms. The normalized spacial score (nSPS) is 17.8. The average molecular weight is 308 g/mol. The van der Waals surface area contributed by atoms with E-state index in [1.54, 1.807) is 18.2 Å². The van der Waals surface area contributed by atoms with Gasteiger partial charge in [0.1, 0.15) is 17.3 Å². The second-order valence-corrected chi connectivity index (χ2v) is 5.62. The Morgan fingerprint density at radius 1 is 1.38 bits per heavy atom. The van der Waals surface area contributed by atoms with E-state index in [9.17, 15) is 9.18 Å². The standard InChI is InChI=1S/C16H15ClFNO2/c17-9-3-4-10-7-8-13-14(16(10)20)15(19-21-13)11-5-1-2-6-12(11)18/h1-2,5-6,10H,3-4,7-9H2. The fourth-order valence-corrected chi connectivity index (χ4v) is 2.98. The molecule has 1 unspecified atom stereocenters. The molecule has 0 saturated carbocycles. The summed E-state index contributed by atoms with van der Waals surface area (Å²) in [6.07, 6.45) is 2.96.